The first kappa shape index (κ1) is 99.9. The van der Waals surface area contributed by atoms with E-state index < -0.39 is 110 Å². The van der Waals surface area contributed by atoms with Gasteiger partial charge in [0.25, 0.3) is 11.1 Å². The van der Waals surface area contributed by atoms with Gasteiger partial charge in [-0.05, 0) is 143 Å². The zero-order chi connectivity index (χ0) is 89.8. The quantitative estimate of drug-likeness (QED) is 0.0138. The van der Waals surface area contributed by atoms with Crippen molar-refractivity contribution >= 4 is 19.7 Å². The summed E-state index contributed by atoms with van der Waals surface area (Å²) in [5.41, 5.74) is -0.597. The number of hydrogen-bond acceptors (Lipinski definition) is 19. The van der Waals surface area contributed by atoms with Crippen LogP contribution in [0.4, 0.5) is 0 Å². The van der Waals surface area contributed by atoms with Crippen LogP contribution >= 0.6 is 7.82 Å². The molecule has 25 heteroatoms. The van der Waals surface area contributed by atoms with Gasteiger partial charge in [0.1, 0.15) is 65.5 Å². The van der Waals surface area contributed by atoms with Crippen LogP contribution in [0.15, 0.2) is 165 Å². The SMILES string of the molecule is COc1ccc(C(OC[C@H]2O[C@@H](n3ccc(=O)[nH]c3=O)C[C@@H]2OP(=O)(OCCC#N)OC[C@H]2O[C@@H](n3cc(C)c(=O)[nH]c3=O)C[C@@H]2OC(=O)CCC(=O)NC(c2ccc(OCCC(C)CCCC(C)CCCC(C)CCCC(C)C)cc2)c2ccc(OCCC(C)CCCC(C)CCCC(C)CCCC(C)C)cc2)(c2ccccc2)c2ccc(OC)cc2)cc1. The molecule has 0 radical (unpaired) electrons. The largest absolute Gasteiger partial charge is 0.497 e. The lowest BCUT2D eigenvalue weighted by molar-refractivity contribution is -0.154. The van der Waals surface area contributed by atoms with Crippen LogP contribution in [0.1, 0.15) is 282 Å². The average Bonchev–Trinajstić information content (AvgIpc) is 1.47. The van der Waals surface area contributed by atoms with E-state index in [1.54, 1.807) is 38.5 Å². The van der Waals surface area contributed by atoms with Gasteiger partial charge in [0.05, 0.1) is 72.2 Å². The highest BCUT2D eigenvalue weighted by molar-refractivity contribution is 7.48. The maximum Gasteiger partial charge on any atom is 0.475 e. The Morgan fingerprint density at radius 1 is 0.512 bits per heavy atom. The number of nitrogens with one attached hydrogen (secondary N) is 3. The van der Waals surface area contributed by atoms with Gasteiger partial charge in [-0.1, -0.05) is 264 Å². The van der Waals surface area contributed by atoms with Crippen LogP contribution in [0.25, 0.3) is 0 Å². The summed E-state index contributed by atoms with van der Waals surface area (Å²) in [7, 11) is -1.84. The monoisotopic (exact) mass is 1750 g/mol. The van der Waals surface area contributed by atoms with Gasteiger partial charge in [-0.15, -0.1) is 0 Å². The van der Waals surface area contributed by atoms with E-state index in [2.05, 4.69) is 84.5 Å². The molecule has 9 rings (SSSR count). The van der Waals surface area contributed by atoms with Crippen molar-refractivity contribution < 1.29 is 65.6 Å². The van der Waals surface area contributed by atoms with Crippen LogP contribution in [0.5, 0.6) is 23.0 Å². The van der Waals surface area contributed by atoms with Crippen molar-refractivity contribution in [3.05, 3.63) is 221 Å². The van der Waals surface area contributed by atoms with Crippen molar-refractivity contribution in [2.45, 2.75) is 285 Å². The highest BCUT2D eigenvalue weighted by Crippen LogP contribution is 2.55. The van der Waals surface area contributed by atoms with Crippen LogP contribution in [0.2, 0.25) is 0 Å². The minimum Gasteiger partial charge on any atom is -0.497 e. The molecule has 2 fully saturated rings. The fourth-order valence-corrected chi connectivity index (χ4v) is 18.2. The molecule has 2 aliphatic heterocycles. The molecule has 0 spiro atoms. The number of nitrogens with zero attached hydrogens (tertiary/aromatic N) is 3. The number of carbonyl (C=O) groups excluding carboxylic acids is 2. The molecule has 0 aliphatic carbocycles. The number of methoxy groups -OCH3 is 2. The summed E-state index contributed by atoms with van der Waals surface area (Å²) in [6, 6.07) is 42.0. The second-order valence-corrected chi connectivity index (χ2v) is 37.7. The van der Waals surface area contributed by atoms with Crippen LogP contribution < -0.4 is 46.8 Å². The van der Waals surface area contributed by atoms with Crippen LogP contribution in [0.3, 0.4) is 0 Å². The van der Waals surface area contributed by atoms with E-state index in [0.717, 1.165) is 87.5 Å². The molecule has 7 aromatic rings. The molecule has 684 valence electrons. The van der Waals surface area contributed by atoms with Crippen LogP contribution in [-0.2, 0) is 52.3 Å². The number of aryl methyl sites for hydroxylation is 1. The molecule has 5 aromatic carbocycles. The third-order valence-corrected chi connectivity index (χ3v) is 26.1. The smallest absolute Gasteiger partial charge is 0.475 e. The van der Waals surface area contributed by atoms with E-state index in [1.807, 2.05) is 109 Å². The predicted molar refractivity (Wildman–Crippen MR) is 487 cm³/mol. The molecule has 125 heavy (non-hydrogen) atoms. The molecule has 2 aromatic heterocycles. The number of rotatable bonds is 57. The molecule has 3 N–H and O–H groups in total. The number of esters is 1. The highest BCUT2D eigenvalue weighted by atomic mass is 31.2. The second kappa shape index (κ2) is 51.2. The number of aromatic amines is 2. The van der Waals surface area contributed by atoms with E-state index in [-0.39, 0.29) is 37.9 Å². The van der Waals surface area contributed by atoms with Crippen LogP contribution in [-0.4, -0.2) is 103 Å². The van der Waals surface area contributed by atoms with Gasteiger partial charge in [0, 0.05) is 43.3 Å². The second-order valence-electron chi connectivity index (χ2n) is 36.1. The van der Waals surface area contributed by atoms with Gasteiger partial charge in [0.2, 0.25) is 5.91 Å². The number of amides is 1. The number of phosphoric acid groups is 1. The first-order valence-corrected chi connectivity index (χ1v) is 47.4. The number of carbonyl (C=O) groups is 2. The lowest BCUT2D eigenvalue weighted by Crippen LogP contribution is -2.38. The number of phosphoric ester groups is 1. The molecule has 0 bridgehead atoms. The summed E-state index contributed by atoms with van der Waals surface area (Å²) in [6.45, 7) is 24.6. The Hall–Kier alpha value is -8.92. The highest BCUT2D eigenvalue weighted by Gasteiger charge is 2.48. The maximum absolute atomic E-state index is 15.6. The fourth-order valence-electron chi connectivity index (χ4n) is 16.8. The average molecular weight is 1750 g/mol. The fraction of sp³-hybridized carbons (Fsp3) is 0.590. The molecule has 0 saturated carbocycles. The van der Waals surface area contributed by atoms with Crippen molar-refractivity contribution in [2.24, 2.45) is 47.3 Å². The molecule has 13 atom stereocenters. The Morgan fingerprint density at radius 3 is 1.41 bits per heavy atom. The zero-order valence-corrected chi connectivity index (χ0v) is 77.3. The first-order valence-electron chi connectivity index (χ1n) is 45.9. The Labute approximate surface area is 740 Å². The third kappa shape index (κ3) is 32.1. The van der Waals surface area contributed by atoms with Gasteiger partial charge in [0.15, 0.2) is 0 Å². The van der Waals surface area contributed by atoms with Crippen molar-refractivity contribution in [2.75, 3.05) is 47.3 Å². The Balaban J connectivity index is 0.884. The lowest BCUT2D eigenvalue weighted by Gasteiger charge is -2.37. The summed E-state index contributed by atoms with van der Waals surface area (Å²) in [5.74, 6) is 6.88. The van der Waals surface area contributed by atoms with Crippen molar-refractivity contribution in [3.63, 3.8) is 0 Å². The van der Waals surface area contributed by atoms with Gasteiger partial charge < -0.3 is 43.2 Å². The van der Waals surface area contributed by atoms with Crippen molar-refractivity contribution in [1.29, 1.82) is 5.26 Å². The number of ether oxygens (including phenoxy) is 8. The molecular formula is C100H141N6O18P. The van der Waals surface area contributed by atoms with E-state index in [1.165, 1.54) is 122 Å². The van der Waals surface area contributed by atoms with Gasteiger partial charge in [-0.25, -0.2) is 14.2 Å². The zero-order valence-electron chi connectivity index (χ0n) is 76.4. The minimum absolute atomic E-state index is 0.172. The molecule has 2 aliphatic rings. The van der Waals surface area contributed by atoms with Crippen molar-refractivity contribution in [1.82, 2.24) is 24.4 Å². The normalized spacial score (nSPS) is 18.7. The third-order valence-electron chi connectivity index (χ3n) is 24.6. The Morgan fingerprint density at radius 2 is 0.944 bits per heavy atom. The number of nitriles is 1. The van der Waals surface area contributed by atoms with E-state index >= 15 is 4.57 Å². The molecular weight excluding hydrogens is 1600 g/mol. The number of hydrogen-bond donors (Lipinski definition) is 3. The summed E-state index contributed by atoms with van der Waals surface area (Å²) in [4.78, 5) is 85.7. The Bertz CT molecular complexity index is 4560. The molecule has 24 nitrogen and oxygen atoms in total. The van der Waals surface area contributed by atoms with Crippen LogP contribution in [0, 0.1) is 65.6 Å². The summed E-state index contributed by atoms with van der Waals surface area (Å²) >= 11 is 0. The van der Waals surface area contributed by atoms with E-state index in [9.17, 15) is 34.0 Å². The maximum atomic E-state index is 15.6. The standard InChI is InChI=1S/C100H141N6O18P/c1-69(2)24-17-26-71(5)28-19-30-73(7)32-21-34-75(9)57-62-116-85-46-38-78(39-47-85)96(79-40-48-86(49-41-79)117-63-58-76(10)35-22-33-74(8)31-20-29-72(6)27-18-25-70(3)4)102-91(107)54-55-95(109)123-87-64-94(106-66-77(11)97(110)104-99(106)112)122-90(87)68-120-125(113,119-61-23-59-101)124-88-65-93(105-60-56-92(108)103-98(105)111)121-89(88)67-118-100(80-36-15-14-16-37-80,81-42-50-83(114-12)51-43-81)82-44-52-84(115-13)53-45-82/h14-16,36-53,56,60,66,69-76,87-90,93-94,96H,17-35,54-55,57-58,61-65,67-68H2,1-13H3,(H,102,107)(H,103,108,111)(H,104,110,112)/t71?,72?,73?,74?,75?,76?,87-,88-,89+,90+,93+,94+,96?,125?/m0/s1. The van der Waals surface area contributed by atoms with E-state index in [4.69, 9.17) is 51.5 Å². The molecule has 2 saturated heterocycles. The van der Waals surface area contributed by atoms with Gasteiger partial charge in [-0.2, -0.15) is 5.26 Å². The van der Waals surface area contributed by atoms with Crippen molar-refractivity contribution in [3.8, 4) is 29.1 Å². The molecule has 4 heterocycles. The Kier molecular flexibility index (Phi) is 40.9. The molecule has 7 unspecified atom stereocenters. The summed E-state index contributed by atoms with van der Waals surface area (Å²) < 4.78 is 87.0. The number of aromatic nitrogens is 4. The van der Waals surface area contributed by atoms with E-state index in [0.29, 0.717) is 64.7 Å². The predicted octanol–water partition coefficient (Wildman–Crippen LogP) is 20.7. The minimum atomic E-state index is -4.97. The summed E-state index contributed by atoms with van der Waals surface area (Å²) in [5, 5.41) is 13.0. The number of H-pyrrole nitrogens is 2. The lowest BCUT2D eigenvalue weighted by atomic mass is 9.80. The first-order chi connectivity index (χ1) is 60.1. The van der Waals surface area contributed by atoms with Gasteiger partial charge >= 0.3 is 25.2 Å². The number of benzene rings is 5. The van der Waals surface area contributed by atoms with Gasteiger partial charge in [-0.3, -0.25) is 51.9 Å². The summed E-state index contributed by atoms with van der Waals surface area (Å²) in [6.07, 6.45) is 18.5. The molecule has 1 amide bonds. The topological polar surface area (TPSA) is 298 Å².